The second-order valence-corrected chi connectivity index (χ2v) is 5.29. The fourth-order valence-corrected chi connectivity index (χ4v) is 2.64. The van der Waals surface area contributed by atoms with Gasteiger partial charge < -0.3 is 10.3 Å². The second kappa shape index (κ2) is 6.43. The number of fused-ring (bicyclic) bond motifs is 1. The summed E-state index contributed by atoms with van der Waals surface area (Å²) in [7, 11) is 0. The number of carbonyl (C=O) groups excluding carboxylic acids is 1. The summed E-state index contributed by atoms with van der Waals surface area (Å²) in [6.45, 7) is 2.44. The van der Waals surface area contributed by atoms with Gasteiger partial charge in [0.15, 0.2) is 0 Å². The van der Waals surface area contributed by atoms with Crippen LogP contribution in [0.1, 0.15) is 30.7 Å². The third-order valence-corrected chi connectivity index (χ3v) is 3.80. The van der Waals surface area contributed by atoms with Crippen molar-refractivity contribution in [1.82, 2.24) is 15.3 Å². The van der Waals surface area contributed by atoms with E-state index in [4.69, 9.17) is 0 Å². The molecule has 1 unspecified atom stereocenters. The highest BCUT2D eigenvalue weighted by molar-refractivity contribution is 5.83. The zero-order chi connectivity index (χ0) is 15.4. The molecule has 0 saturated carbocycles. The molecule has 4 heteroatoms. The summed E-state index contributed by atoms with van der Waals surface area (Å²) in [4.78, 5) is 20.1. The van der Waals surface area contributed by atoms with E-state index in [9.17, 15) is 4.79 Å². The van der Waals surface area contributed by atoms with Crippen molar-refractivity contribution in [3.8, 4) is 0 Å². The molecule has 112 valence electrons. The van der Waals surface area contributed by atoms with Crippen LogP contribution in [-0.2, 0) is 11.3 Å². The number of hydrogen-bond donors (Lipinski definition) is 2. The number of aromatic amines is 1. The molecule has 0 aliphatic heterocycles. The van der Waals surface area contributed by atoms with Gasteiger partial charge in [-0.2, -0.15) is 0 Å². The first kappa shape index (κ1) is 14.3. The van der Waals surface area contributed by atoms with E-state index in [1.807, 2.05) is 61.5 Å². The molecule has 2 aromatic carbocycles. The molecule has 1 atom stereocenters. The smallest absolute Gasteiger partial charge is 0.227 e. The van der Waals surface area contributed by atoms with Crippen molar-refractivity contribution in [2.24, 2.45) is 0 Å². The average molecular weight is 293 g/mol. The quantitative estimate of drug-likeness (QED) is 0.757. The third kappa shape index (κ3) is 3.01. The number of rotatable bonds is 5. The van der Waals surface area contributed by atoms with E-state index in [1.54, 1.807) is 0 Å². The lowest BCUT2D eigenvalue weighted by atomic mass is 9.96. The maximum absolute atomic E-state index is 12.4. The molecule has 22 heavy (non-hydrogen) atoms. The Morgan fingerprint density at radius 3 is 2.59 bits per heavy atom. The van der Waals surface area contributed by atoms with Gasteiger partial charge in [0.25, 0.3) is 0 Å². The molecule has 0 spiro atoms. The number of aromatic nitrogens is 2. The van der Waals surface area contributed by atoms with Gasteiger partial charge in [0.05, 0.1) is 23.5 Å². The zero-order valence-electron chi connectivity index (χ0n) is 12.5. The molecule has 1 amide bonds. The highest BCUT2D eigenvalue weighted by Crippen LogP contribution is 2.19. The number of para-hydroxylation sites is 2. The van der Waals surface area contributed by atoms with Crippen LogP contribution in [0.2, 0.25) is 0 Å². The Kier molecular flexibility index (Phi) is 4.19. The number of nitrogens with one attached hydrogen (secondary N) is 2. The highest BCUT2D eigenvalue weighted by atomic mass is 16.1. The summed E-state index contributed by atoms with van der Waals surface area (Å²) in [5.41, 5.74) is 2.95. The highest BCUT2D eigenvalue weighted by Gasteiger charge is 2.18. The Labute approximate surface area is 129 Å². The number of nitrogens with zero attached hydrogens (tertiary/aromatic N) is 1. The van der Waals surface area contributed by atoms with Gasteiger partial charge in [-0.15, -0.1) is 0 Å². The first-order valence-corrected chi connectivity index (χ1v) is 7.54. The minimum absolute atomic E-state index is 0.0363. The van der Waals surface area contributed by atoms with Crippen LogP contribution in [0.25, 0.3) is 11.0 Å². The van der Waals surface area contributed by atoms with Crippen LogP contribution in [0, 0.1) is 0 Å². The summed E-state index contributed by atoms with van der Waals surface area (Å²) in [6, 6.07) is 17.7. The Balaban J connectivity index is 1.68. The molecule has 3 rings (SSSR count). The van der Waals surface area contributed by atoms with E-state index in [1.165, 1.54) is 0 Å². The van der Waals surface area contributed by atoms with Crippen LogP contribution in [0.3, 0.4) is 0 Å². The van der Waals surface area contributed by atoms with Gasteiger partial charge in [-0.3, -0.25) is 4.79 Å². The minimum Gasteiger partial charge on any atom is -0.348 e. The van der Waals surface area contributed by atoms with Crippen molar-refractivity contribution >= 4 is 16.9 Å². The van der Waals surface area contributed by atoms with Gasteiger partial charge >= 0.3 is 0 Å². The summed E-state index contributed by atoms with van der Waals surface area (Å²) in [5, 5.41) is 2.98. The molecule has 2 N–H and O–H groups in total. The second-order valence-electron chi connectivity index (χ2n) is 5.29. The number of hydrogen-bond acceptors (Lipinski definition) is 2. The molecule has 0 aliphatic carbocycles. The van der Waals surface area contributed by atoms with E-state index in [2.05, 4.69) is 15.3 Å². The average Bonchev–Trinajstić information content (AvgIpc) is 2.97. The minimum atomic E-state index is -0.120. The molecule has 0 saturated heterocycles. The molecule has 1 heterocycles. The van der Waals surface area contributed by atoms with Crippen LogP contribution in [-0.4, -0.2) is 15.9 Å². The van der Waals surface area contributed by atoms with Gasteiger partial charge in [0.2, 0.25) is 5.91 Å². The molecule has 0 fully saturated rings. The van der Waals surface area contributed by atoms with Crippen molar-refractivity contribution in [3.05, 3.63) is 66.0 Å². The maximum atomic E-state index is 12.4. The summed E-state index contributed by atoms with van der Waals surface area (Å²) in [6.07, 6.45) is 0.774. The van der Waals surface area contributed by atoms with E-state index in [-0.39, 0.29) is 11.8 Å². The van der Waals surface area contributed by atoms with Gasteiger partial charge in [-0.25, -0.2) is 4.98 Å². The molecule has 1 aromatic heterocycles. The van der Waals surface area contributed by atoms with Crippen molar-refractivity contribution in [1.29, 1.82) is 0 Å². The van der Waals surface area contributed by atoms with Gasteiger partial charge in [0, 0.05) is 0 Å². The topological polar surface area (TPSA) is 57.8 Å². The Morgan fingerprint density at radius 2 is 1.86 bits per heavy atom. The lowest BCUT2D eigenvalue weighted by Gasteiger charge is -2.14. The van der Waals surface area contributed by atoms with E-state index in [0.29, 0.717) is 6.54 Å². The lowest BCUT2D eigenvalue weighted by molar-refractivity contribution is -0.122. The molecule has 4 nitrogen and oxygen atoms in total. The lowest BCUT2D eigenvalue weighted by Crippen LogP contribution is -2.29. The Bertz CT molecular complexity index is 731. The van der Waals surface area contributed by atoms with E-state index < -0.39 is 0 Å². The SMILES string of the molecule is CCC(C(=O)NCc1nc2ccccc2[nH]1)c1ccccc1. The number of H-pyrrole nitrogens is 1. The first-order chi connectivity index (χ1) is 10.8. The largest absolute Gasteiger partial charge is 0.348 e. The van der Waals surface area contributed by atoms with Gasteiger partial charge in [-0.1, -0.05) is 49.4 Å². The molecule has 3 aromatic rings. The Morgan fingerprint density at radius 1 is 1.14 bits per heavy atom. The number of amides is 1. The van der Waals surface area contributed by atoms with Crippen LogP contribution in [0.5, 0.6) is 0 Å². The molecular formula is C18H19N3O. The van der Waals surface area contributed by atoms with Gasteiger partial charge in [-0.05, 0) is 24.1 Å². The number of imidazole rings is 1. The summed E-state index contributed by atoms with van der Waals surface area (Å²) in [5.74, 6) is 0.692. The van der Waals surface area contributed by atoms with Crippen LogP contribution in [0.4, 0.5) is 0 Å². The van der Waals surface area contributed by atoms with Crippen molar-refractivity contribution in [2.45, 2.75) is 25.8 Å². The third-order valence-electron chi connectivity index (χ3n) is 3.80. The number of benzene rings is 2. The normalized spacial score (nSPS) is 12.2. The summed E-state index contributed by atoms with van der Waals surface area (Å²) >= 11 is 0. The molecule has 0 radical (unpaired) electrons. The molecular weight excluding hydrogens is 274 g/mol. The van der Waals surface area contributed by atoms with E-state index in [0.717, 1.165) is 28.8 Å². The number of carbonyl (C=O) groups is 1. The fourth-order valence-electron chi connectivity index (χ4n) is 2.64. The van der Waals surface area contributed by atoms with Crippen LogP contribution >= 0.6 is 0 Å². The first-order valence-electron chi connectivity index (χ1n) is 7.54. The van der Waals surface area contributed by atoms with Crippen molar-refractivity contribution in [3.63, 3.8) is 0 Å². The van der Waals surface area contributed by atoms with Crippen LogP contribution < -0.4 is 5.32 Å². The fraction of sp³-hybridized carbons (Fsp3) is 0.222. The predicted molar refractivity (Wildman–Crippen MR) is 87.4 cm³/mol. The van der Waals surface area contributed by atoms with Crippen LogP contribution in [0.15, 0.2) is 54.6 Å². The molecule has 0 bridgehead atoms. The molecule has 0 aliphatic rings. The van der Waals surface area contributed by atoms with Gasteiger partial charge in [0.1, 0.15) is 5.82 Å². The van der Waals surface area contributed by atoms with Crippen molar-refractivity contribution in [2.75, 3.05) is 0 Å². The zero-order valence-corrected chi connectivity index (χ0v) is 12.5. The summed E-state index contributed by atoms with van der Waals surface area (Å²) < 4.78 is 0. The maximum Gasteiger partial charge on any atom is 0.227 e. The standard InChI is InChI=1S/C18H19N3O/c1-2-14(13-8-4-3-5-9-13)18(22)19-12-17-20-15-10-6-7-11-16(15)21-17/h3-11,14H,2,12H2,1H3,(H,19,22)(H,20,21). The van der Waals surface area contributed by atoms with E-state index >= 15 is 0 Å². The van der Waals surface area contributed by atoms with Crippen molar-refractivity contribution < 1.29 is 4.79 Å². The monoisotopic (exact) mass is 293 g/mol. The Hall–Kier alpha value is -2.62. The predicted octanol–water partition coefficient (Wildman–Crippen LogP) is 3.37.